The lowest BCUT2D eigenvalue weighted by Crippen LogP contribution is -2.21. The highest BCUT2D eigenvalue weighted by molar-refractivity contribution is 7.91. The number of halogens is 1. The number of hydrogen-bond donors (Lipinski definition) is 0. The number of ether oxygens (including phenoxy) is 1. The van der Waals surface area contributed by atoms with Crippen molar-refractivity contribution in [3.05, 3.63) is 39.6 Å². The van der Waals surface area contributed by atoms with Gasteiger partial charge in [0.1, 0.15) is 15.0 Å². The molecule has 0 aliphatic heterocycles. The maximum Gasteiger partial charge on any atom is 0.223 e. The van der Waals surface area contributed by atoms with Gasteiger partial charge in [0, 0.05) is 23.1 Å². The standard InChI is InChI=1S/C18H24ClN5O3S/c1-5-18(4,23-24-20)15-11-22-17(14-10-21-16(19)9-13(14)15)27-12(3)7-8-28(25,26)6-2/h9-12H,5-8H2,1-4H3/t12-,18-/m1/s1. The van der Waals surface area contributed by atoms with Crippen molar-refractivity contribution in [2.24, 2.45) is 5.11 Å². The molecule has 8 nitrogen and oxygen atoms in total. The average molecular weight is 426 g/mol. The van der Waals surface area contributed by atoms with E-state index < -0.39 is 15.4 Å². The van der Waals surface area contributed by atoms with Gasteiger partial charge in [-0.15, -0.1) is 0 Å². The van der Waals surface area contributed by atoms with Crippen LogP contribution in [0.1, 0.15) is 46.1 Å². The van der Waals surface area contributed by atoms with E-state index in [-0.39, 0.29) is 17.6 Å². The predicted molar refractivity (Wildman–Crippen MR) is 110 cm³/mol. The second kappa shape index (κ2) is 8.94. The van der Waals surface area contributed by atoms with Crippen LogP contribution in [0.15, 0.2) is 23.6 Å². The first kappa shape index (κ1) is 22.2. The SMILES string of the molecule is CC[C@@](C)(N=[N+]=[N-])c1cnc(O[C@H](C)CCS(=O)(=O)CC)c2cnc(Cl)cc12. The fraction of sp³-hybridized carbons (Fsp3) is 0.556. The van der Waals surface area contributed by atoms with Gasteiger partial charge in [-0.2, -0.15) is 0 Å². The zero-order valence-corrected chi connectivity index (χ0v) is 18.0. The Balaban J connectivity index is 2.45. The van der Waals surface area contributed by atoms with Gasteiger partial charge < -0.3 is 4.74 Å². The van der Waals surface area contributed by atoms with Gasteiger partial charge in [-0.3, -0.25) is 0 Å². The Hall–Kier alpha value is -2.09. The van der Waals surface area contributed by atoms with E-state index in [1.807, 2.05) is 13.8 Å². The molecule has 2 aromatic heterocycles. The number of rotatable bonds is 9. The fourth-order valence-electron chi connectivity index (χ4n) is 2.76. The zero-order chi connectivity index (χ0) is 20.9. The molecule has 10 heteroatoms. The van der Waals surface area contributed by atoms with Crippen LogP contribution in [0.3, 0.4) is 0 Å². The number of sulfone groups is 1. The summed E-state index contributed by atoms with van der Waals surface area (Å²) >= 11 is 6.09. The van der Waals surface area contributed by atoms with Crippen LogP contribution in [0.2, 0.25) is 5.15 Å². The normalized spacial score (nSPS) is 14.9. The molecule has 152 valence electrons. The Labute approximate surface area is 169 Å². The summed E-state index contributed by atoms with van der Waals surface area (Å²) in [6.45, 7) is 7.17. The van der Waals surface area contributed by atoms with Crippen LogP contribution >= 0.6 is 11.6 Å². The van der Waals surface area contributed by atoms with Crippen molar-refractivity contribution >= 4 is 32.2 Å². The number of hydrogen-bond acceptors (Lipinski definition) is 6. The Bertz CT molecular complexity index is 1010. The molecule has 0 saturated carbocycles. The maximum absolute atomic E-state index is 11.7. The first-order valence-electron chi connectivity index (χ1n) is 9.03. The van der Waals surface area contributed by atoms with Crippen LogP contribution in [0.4, 0.5) is 0 Å². The molecule has 0 aromatic carbocycles. The number of aromatic nitrogens is 2. The van der Waals surface area contributed by atoms with Crippen molar-refractivity contribution < 1.29 is 13.2 Å². The second-order valence-electron chi connectivity index (χ2n) is 6.80. The maximum atomic E-state index is 11.7. The van der Waals surface area contributed by atoms with Crippen molar-refractivity contribution in [2.75, 3.05) is 11.5 Å². The molecule has 0 aliphatic rings. The van der Waals surface area contributed by atoms with Gasteiger partial charge in [0.15, 0.2) is 0 Å². The Morgan fingerprint density at radius 1 is 1.32 bits per heavy atom. The molecule has 0 saturated heterocycles. The molecule has 0 amide bonds. The highest BCUT2D eigenvalue weighted by Gasteiger charge is 2.27. The summed E-state index contributed by atoms with van der Waals surface area (Å²) in [6.07, 6.45) is 3.74. The third-order valence-electron chi connectivity index (χ3n) is 4.82. The summed E-state index contributed by atoms with van der Waals surface area (Å²) in [7, 11) is -3.07. The summed E-state index contributed by atoms with van der Waals surface area (Å²) in [5.74, 6) is 0.492. The van der Waals surface area contributed by atoms with E-state index in [2.05, 4.69) is 20.0 Å². The third-order valence-corrected chi connectivity index (χ3v) is 6.77. The minimum Gasteiger partial charge on any atom is -0.474 e. The predicted octanol–water partition coefficient (Wildman–Crippen LogP) is 4.81. The summed E-state index contributed by atoms with van der Waals surface area (Å²) in [5, 5.41) is 5.61. The molecule has 28 heavy (non-hydrogen) atoms. The van der Waals surface area contributed by atoms with Gasteiger partial charge in [-0.1, -0.05) is 30.6 Å². The van der Waals surface area contributed by atoms with Crippen LogP contribution in [0.5, 0.6) is 5.88 Å². The number of nitrogens with zero attached hydrogens (tertiary/aromatic N) is 5. The Morgan fingerprint density at radius 2 is 2.04 bits per heavy atom. The monoisotopic (exact) mass is 425 g/mol. The molecule has 2 atom stereocenters. The average Bonchev–Trinajstić information content (AvgIpc) is 2.66. The lowest BCUT2D eigenvalue weighted by atomic mass is 9.88. The highest BCUT2D eigenvalue weighted by atomic mass is 35.5. The highest BCUT2D eigenvalue weighted by Crippen LogP contribution is 2.37. The van der Waals surface area contributed by atoms with Crippen LogP contribution in [0.25, 0.3) is 21.2 Å². The van der Waals surface area contributed by atoms with E-state index in [1.54, 1.807) is 32.3 Å². The van der Waals surface area contributed by atoms with E-state index in [9.17, 15) is 8.42 Å². The van der Waals surface area contributed by atoms with Gasteiger partial charge in [-0.25, -0.2) is 18.4 Å². The van der Waals surface area contributed by atoms with Crippen molar-refractivity contribution in [1.29, 1.82) is 0 Å². The quantitative estimate of drug-likeness (QED) is 0.247. The summed E-state index contributed by atoms with van der Waals surface area (Å²) in [6, 6.07) is 1.69. The molecule has 0 bridgehead atoms. The number of fused-ring (bicyclic) bond motifs is 1. The molecular weight excluding hydrogens is 402 g/mol. The number of azide groups is 1. The number of pyridine rings is 2. The van der Waals surface area contributed by atoms with E-state index >= 15 is 0 Å². The van der Waals surface area contributed by atoms with Crippen molar-refractivity contribution in [3.8, 4) is 5.88 Å². The molecule has 2 rings (SSSR count). The van der Waals surface area contributed by atoms with Crippen LogP contribution in [-0.2, 0) is 15.4 Å². The smallest absolute Gasteiger partial charge is 0.223 e. The van der Waals surface area contributed by atoms with Gasteiger partial charge >= 0.3 is 0 Å². The molecule has 0 N–H and O–H groups in total. The Morgan fingerprint density at radius 3 is 2.64 bits per heavy atom. The van der Waals surface area contributed by atoms with E-state index in [0.717, 1.165) is 10.9 Å². The third kappa shape index (κ3) is 5.04. The topological polar surface area (TPSA) is 118 Å². The lowest BCUT2D eigenvalue weighted by molar-refractivity contribution is 0.212. The van der Waals surface area contributed by atoms with E-state index in [4.69, 9.17) is 21.9 Å². The minimum absolute atomic E-state index is 0.0511. The summed E-state index contributed by atoms with van der Waals surface area (Å²) < 4.78 is 29.3. The first-order chi connectivity index (χ1) is 13.2. The van der Waals surface area contributed by atoms with Gasteiger partial charge in [0.2, 0.25) is 5.88 Å². The minimum atomic E-state index is -3.07. The molecule has 2 aromatic rings. The van der Waals surface area contributed by atoms with Crippen molar-refractivity contribution in [3.63, 3.8) is 0 Å². The molecule has 0 fully saturated rings. The summed E-state index contributed by atoms with van der Waals surface area (Å²) in [5.41, 5.74) is 8.89. The van der Waals surface area contributed by atoms with Gasteiger partial charge in [0.25, 0.3) is 0 Å². The fourth-order valence-corrected chi connectivity index (χ4v) is 3.90. The zero-order valence-electron chi connectivity index (χ0n) is 16.4. The second-order valence-corrected chi connectivity index (χ2v) is 9.66. The first-order valence-corrected chi connectivity index (χ1v) is 11.2. The van der Waals surface area contributed by atoms with Crippen molar-refractivity contribution in [1.82, 2.24) is 9.97 Å². The lowest BCUT2D eigenvalue weighted by Gasteiger charge is -2.25. The molecule has 0 radical (unpaired) electrons. The molecule has 0 aliphatic carbocycles. The molecule has 2 heterocycles. The van der Waals surface area contributed by atoms with Crippen LogP contribution < -0.4 is 4.74 Å². The van der Waals surface area contributed by atoms with E-state index in [0.29, 0.717) is 29.3 Å². The van der Waals surface area contributed by atoms with Gasteiger partial charge in [-0.05, 0) is 49.2 Å². The Kier molecular flexibility index (Phi) is 7.09. The van der Waals surface area contributed by atoms with Crippen LogP contribution in [0, 0.1) is 0 Å². The molecule has 0 spiro atoms. The largest absolute Gasteiger partial charge is 0.474 e. The van der Waals surface area contributed by atoms with Crippen molar-refractivity contribution in [2.45, 2.75) is 52.2 Å². The van der Waals surface area contributed by atoms with E-state index in [1.165, 1.54) is 0 Å². The molecule has 0 unspecified atom stereocenters. The molecular formula is C18H24ClN5O3S. The van der Waals surface area contributed by atoms with Gasteiger partial charge in [0.05, 0.1) is 22.8 Å². The van der Waals surface area contributed by atoms with Crippen LogP contribution in [-0.4, -0.2) is 36.0 Å². The summed E-state index contributed by atoms with van der Waals surface area (Å²) in [4.78, 5) is 11.5.